The van der Waals surface area contributed by atoms with Crippen molar-refractivity contribution in [1.82, 2.24) is 10.2 Å². The van der Waals surface area contributed by atoms with E-state index in [-0.39, 0.29) is 18.2 Å². The number of nitrogens with zero attached hydrogens (tertiary/aromatic N) is 1. The fraction of sp³-hybridized carbons (Fsp3) is 0.933. The molecule has 1 aliphatic heterocycles. The van der Waals surface area contributed by atoms with Crippen molar-refractivity contribution in [2.45, 2.75) is 64.8 Å². The maximum absolute atomic E-state index is 12.2. The number of ether oxygens (including phenoxy) is 2. The monoisotopic (exact) mass is 302 g/mol. The molecular weight excluding hydrogens is 272 g/mol. The summed E-state index contributed by atoms with van der Waals surface area (Å²) in [7, 11) is 0. The molecule has 0 aromatic heterocycles. The summed E-state index contributed by atoms with van der Waals surface area (Å²) >= 11 is 0. The molecular formula is C15H30N2O4. The summed E-state index contributed by atoms with van der Waals surface area (Å²) in [5, 5.41) is 13.2. The Hall–Kier alpha value is -0.850. The minimum absolute atomic E-state index is 0.0834. The van der Waals surface area contributed by atoms with E-state index >= 15 is 0 Å². The van der Waals surface area contributed by atoms with Gasteiger partial charge in [0.1, 0.15) is 5.60 Å². The van der Waals surface area contributed by atoms with Gasteiger partial charge >= 0.3 is 6.09 Å². The van der Waals surface area contributed by atoms with Crippen LogP contribution in [0.3, 0.4) is 0 Å². The van der Waals surface area contributed by atoms with E-state index in [9.17, 15) is 9.90 Å². The van der Waals surface area contributed by atoms with Gasteiger partial charge in [-0.3, -0.25) is 4.90 Å². The van der Waals surface area contributed by atoms with Crippen LogP contribution in [0.25, 0.3) is 0 Å². The molecule has 0 aromatic rings. The molecule has 0 saturated carbocycles. The van der Waals surface area contributed by atoms with E-state index < -0.39 is 11.2 Å². The molecule has 2 unspecified atom stereocenters. The number of aliphatic hydroxyl groups is 1. The van der Waals surface area contributed by atoms with Crippen LogP contribution in [0.2, 0.25) is 0 Å². The van der Waals surface area contributed by atoms with Crippen LogP contribution in [-0.2, 0) is 9.47 Å². The highest BCUT2D eigenvalue weighted by Crippen LogP contribution is 2.15. The fourth-order valence-electron chi connectivity index (χ4n) is 1.95. The normalized spacial score (nSPS) is 22.0. The third kappa shape index (κ3) is 6.20. The first-order valence-electron chi connectivity index (χ1n) is 7.54. The number of morpholine rings is 1. The van der Waals surface area contributed by atoms with Gasteiger partial charge in [-0.15, -0.1) is 0 Å². The van der Waals surface area contributed by atoms with Crippen LogP contribution < -0.4 is 5.32 Å². The molecule has 1 amide bonds. The predicted octanol–water partition coefficient (Wildman–Crippen LogP) is 1.37. The molecule has 0 bridgehead atoms. The lowest BCUT2D eigenvalue weighted by Gasteiger charge is -2.38. The zero-order valence-corrected chi connectivity index (χ0v) is 14.1. The van der Waals surface area contributed by atoms with Crippen LogP contribution in [0.5, 0.6) is 0 Å². The highest BCUT2D eigenvalue weighted by atomic mass is 16.6. The van der Waals surface area contributed by atoms with Crippen molar-refractivity contribution in [2.24, 2.45) is 0 Å². The largest absolute Gasteiger partial charge is 0.444 e. The lowest BCUT2D eigenvalue weighted by molar-refractivity contribution is -0.0344. The Morgan fingerprint density at radius 3 is 2.57 bits per heavy atom. The van der Waals surface area contributed by atoms with E-state index in [0.29, 0.717) is 26.3 Å². The van der Waals surface area contributed by atoms with Crippen molar-refractivity contribution < 1.29 is 19.4 Å². The van der Waals surface area contributed by atoms with Gasteiger partial charge in [0.15, 0.2) is 0 Å². The molecule has 0 radical (unpaired) electrons. The molecule has 1 saturated heterocycles. The number of carbonyl (C=O) groups is 1. The van der Waals surface area contributed by atoms with E-state index in [1.54, 1.807) is 18.7 Å². The molecule has 6 nitrogen and oxygen atoms in total. The minimum Gasteiger partial charge on any atom is -0.444 e. The topological polar surface area (TPSA) is 71.0 Å². The van der Waals surface area contributed by atoms with E-state index in [1.165, 1.54) is 0 Å². The molecule has 1 rings (SSSR count). The van der Waals surface area contributed by atoms with Crippen molar-refractivity contribution in [3.8, 4) is 0 Å². The first-order chi connectivity index (χ1) is 9.50. The van der Waals surface area contributed by atoms with E-state index in [4.69, 9.17) is 9.47 Å². The molecule has 0 aromatic carbocycles. The molecule has 2 atom stereocenters. The van der Waals surface area contributed by atoms with Crippen molar-refractivity contribution in [3.05, 3.63) is 0 Å². The van der Waals surface area contributed by atoms with Gasteiger partial charge in [0.25, 0.3) is 0 Å². The summed E-state index contributed by atoms with van der Waals surface area (Å²) in [6.45, 7) is 13.1. The second-order valence-electron chi connectivity index (χ2n) is 7.19. The van der Waals surface area contributed by atoms with E-state index in [0.717, 1.165) is 0 Å². The Morgan fingerprint density at radius 2 is 2.05 bits per heavy atom. The smallest absolute Gasteiger partial charge is 0.410 e. The Balaban J connectivity index is 2.59. The molecule has 1 fully saturated rings. The fourth-order valence-corrected chi connectivity index (χ4v) is 1.95. The van der Waals surface area contributed by atoms with E-state index in [2.05, 4.69) is 5.32 Å². The lowest BCUT2D eigenvalue weighted by Crippen LogP contribution is -2.56. The van der Waals surface area contributed by atoms with Crippen LogP contribution in [0, 0.1) is 0 Å². The molecule has 124 valence electrons. The highest BCUT2D eigenvalue weighted by molar-refractivity contribution is 5.68. The standard InChI is InChI=1S/C15H30N2O4/c1-11(15(5,6)19)16-9-12-10-20-8-7-17(12)13(18)21-14(2,3)4/h11-12,16,19H,7-10H2,1-6H3. The maximum atomic E-state index is 12.2. The Bertz CT molecular complexity index is 347. The van der Waals surface area contributed by atoms with Crippen LogP contribution in [0.4, 0.5) is 4.79 Å². The second-order valence-corrected chi connectivity index (χ2v) is 7.19. The Labute approximate surface area is 127 Å². The summed E-state index contributed by atoms with van der Waals surface area (Å²) in [6.07, 6.45) is -0.312. The first kappa shape index (κ1) is 18.2. The zero-order valence-electron chi connectivity index (χ0n) is 14.1. The lowest BCUT2D eigenvalue weighted by atomic mass is 10.0. The third-order valence-corrected chi connectivity index (χ3v) is 3.57. The van der Waals surface area contributed by atoms with Gasteiger partial charge in [-0.05, 0) is 41.5 Å². The quantitative estimate of drug-likeness (QED) is 0.821. The van der Waals surface area contributed by atoms with Crippen LogP contribution >= 0.6 is 0 Å². The van der Waals surface area contributed by atoms with Gasteiger partial charge in [-0.1, -0.05) is 0 Å². The summed E-state index contributed by atoms with van der Waals surface area (Å²) in [6, 6.07) is -0.168. The molecule has 1 heterocycles. The van der Waals surface area contributed by atoms with Gasteiger partial charge in [-0.2, -0.15) is 0 Å². The zero-order chi connectivity index (χ0) is 16.3. The molecule has 0 spiro atoms. The van der Waals surface area contributed by atoms with Gasteiger partial charge in [-0.25, -0.2) is 4.79 Å². The van der Waals surface area contributed by atoms with Crippen molar-refractivity contribution in [1.29, 1.82) is 0 Å². The number of nitrogens with one attached hydrogen (secondary N) is 1. The summed E-state index contributed by atoms with van der Waals surface area (Å²) in [4.78, 5) is 13.9. The van der Waals surface area contributed by atoms with Gasteiger partial charge in [0.05, 0.1) is 24.9 Å². The Kier molecular flexibility index (Phi) is 6.01. The van der Waals surface area contributed by atoms with Crippen molar-refractivity contribution >= 4 is 6.09 Å². The van der Waals surface area contributed by atoms with Crippen molar-refractivity contribution in [3.63, 3.8) is 0 Å². The van der Waals surface area contributed by atoms with E-state index in [1.807, 2.05) is 27.7 Å². The minimum atomic E-state index is -0.813. The molecule has 2 N–H and O–H groups in total. The Morgan fingerprint density at radius 1 is 1.43 bits per heavy atom. The molecule has 0 aliphatic carbocycles. The van der Waals surface area contributed by atoms with Gasteiger partial charge in [0, 0.05) is 19.1 Å². The average Bonchev–Trinajstić information content (AvgIpc) is 2.33. The molecule has 6 heteroatoms. The maximum Gasteiger partial charge on any atom is 0.410 e. The van der Waals surface area contributed by atoms with Crippen LogP contribution in [0.15, 0.2) is 0 Å². The number of hydrogen-bond acceptors (Lipinski definition) is 5. The number of carbonyl (C=O) groups excluding carboxylic acids is 1. The summed E-state index contributed by atoms with van der Waals surface area (Å²) in [5.41, 5.74) is -1.32. The SMILES string of the molecule is CC(NCC1COCCN1C(=O)OC(C)(C)C)C(C)(C)O. The third-order valence-electron chi connectivity index (χ3n) is 3.57. The van der Waals surface area contributed by atoms with Gasteiger partial charge in [0.2, 0.25) is 0 Å². The van der Waals surface area contributed by atoms with Crippen molar-refractivity contribution in [2.75, 3.05) is 26.3 Å². The van der Waals surface area contributed by atoms with Crippen LogP contribution in [-0.4, -0.2) is 65.7 Å². The second kappa shape index (κ2) is 6.94. The number of hydrogen-bond donors (Lipinski definition) is 2. The highest BCUT2D eigenvalue weighted by Gasteiger charge is 2.32. The summed E-state index contributed by atoms with van der Waals surface area (Å²) in [5.74, 6) is 0. The summed E-state index contributed by atoms with van der Waals surface area (Å²) < 4.78 is 10.9. The average molecular weight is 302 g/mol. The first-order valence-corrected chi connectivity index (χ1v) is 7.54. The number of amides is 1. The predicted molar refractivity (Wildman–Crippen MR) is 81.3 cm³/mol. The van der Waals surface area contributed by atoms with Gasteiger partial charge < -0.3 is 19.9 Å². The number of rotatable bonds is 4. The molecule has 21 heavy (non-hydrogen) atoms. The molecule has 1 aliphatic rings. The van der Waals surface area contributed by atoms with Crippen LogP contribution in [0.1, 0.15) is 41.5 Å².